The monoisotopic (exact) mass is 262 g/mol. The third-order valence-corrected chi connectivity index (χ3v) is 4.87. The van der Waals surface area contributed by atoms with Crippen molar-refractivity contribution in [3.63, 3.8) is 0 Å². The van der Waals surface area contributed by atoms with E-state index in [1.54, 1.807) is 0 Å². The second-order valence-corrected chi connectivity index (χ2v) is 6.26. The fourth-order valence-corrected chi connectivity index (χ4v) is 3.57. The van der Waals surface area contributed by atoms with Crippen LogP contribution in [0.25, 0.3) is 0 Å². The lowest BCUT2D eigenvalue weighted by Crippen LogP contribution is -2.06. The highest BCUT2D eigenvalue weighted by atomic mass is 32.2. The quantitative estimate of drug-likeness (QED) is 0.734. The van der Waals surface area contributed by atoms with Gasteiger partial charge in [0, 0.05) is 23.5 Å². The first-order valence-corrected chi connectivity index (χ1v) is 8.03. The molecule has 1 unspecified atom stereocenters. The fraction of sp³-hybridized carbons (Fsp3) is 0.562. The second kappa shape index (κ2) is 7.63. The molecule has 1 aliphatic carbocycles. The molecule has 0 aliphatic heterocycles. The molecule has 0 N–H and O–H groups in total. The van der Waals surface area contributed by atoms with E-state index < -0.39 is 0 Å². The molecule has 1 aliphatic rings. The van der Waals surface area contributed by atoms with Crippen LogP contribution in [0.1, 0.15) is 44.9 Å². The zero-order chi connectivity index (χ0) is 12.6. The molecule has 0 aromatic heterocycles. The minimum absolute atomic E-state index is 0.478. The highest BCUT2D eigenvalue weighted by molar-refractivity contribution is 7.99. The zero-order valence-electron chi connectivity index (χ0n) is 10.9. The average Bonchev–Trinajstić information content (AvgIpc) is 2.50. The summed E-state index contributed by atoms with van der Waals surface area (Å²) in [6, 6.07) is 10.6. The predicted octanol–water partition coefficient (Wildman–Crippen LogP) is 4.71. The van der Waals surface area contributed by atoms with Crippen molar-refractivity contribution in [3.05, 3.63) is 30.3 Å². The molecule has 0 heterocycles. The molecule has 1 atom stereocenters. The summed E-state index contributed by atoms with van der Waals surface area (Å²) in [6.45, 7) is 0. The van der Waals surface area contributed by atoms with E-state index in [0.29, 0.717) is 5.78 Å². The van der Waals surface area contributed by atoms with E-state index in [2.05, 4.69) is 30.3 Å². The Hall–Kier alpha value is -0.760. The van der Waals surface area contributed by atoms with E-state index in [0.717, 1.165) is 37.4 Å². The van der Waals surface area contributed by atoms with Crippen LogP contribution in [-0.2, 0) is 4.79 Å². The van der Waals surface area contributed by atoms with Crippen molar-refractivity contribution in [2.24, 2.45) is 5.92 Å². The van der Waals surface area contributed by atoms with Gasteiger partial charge in [0.25, 0.3) is 0 Å². The average molecular weight is 262 g/mol. The fourth-order valence-electron chi connectivity index (χ4n) is 2.46. The Morgan fingerprint density at radius 2 is 1.83 bits per heavy atom. The smallest absolute Gasteiger partial charge is 0.132 e. The van der Waals surface area contributed by atoms with Crippen molar-refractivity contribution in [2.45, 2.75) is 49.8 Å². The van der Waals surface area contributed by atoms with E-state index >= 15 is 0 Å². The number of thioether (sulfide) groups is 1. The Morgan fingerprint density at radius 1 is 1.00 bits per heavy atom. The minimum Gasteiger partial charge on any atom is -0.300 e. The van der Waals surface area contributed by atoms with Gasteiger partial charge in [0.05, 0.1) is 0 Å². The maximum Gasteiger partial charge on any atom is 0.132 e. The molecule has 0 spiro atoms. The van der Waals surface area contributed by atoms with Crippen LogP contribution < -0.4 is 0 Å². The van der Waals surface area contributed by atoms with E-state index in [1.807, 2.05) is 11.8 Å². The number of benzene rings is 1. The Balaban J connectivity index is 1.81. The van der Waals surface area contributed by atoms with Gasteiger partial charge in [-0.2, -0.15) is 0 Å². The molecule has 1 fully saturated rings. The third-order valence-electron chi connectivity index (χ3n) is 3.63. The van der Waals surface area contributed by atoms with Gasteiger partial charge in [0.15, 0.2) is 0 Å². The van der Waals surface area contributed by atoms with Gasteiger partial charge in [-0.25, -0.2) is 0 Å². The van der Waals surface area contributed by atoms with E-state index in [-0.39, 0.29) is 0 Å². The van der Waals surface area contributed by atoms with Crippen molar-refractivity contribution in [2.75, 3.05) is 5.75 Å². The van der Waals surface area contributed by atoms with E-state index in [1.165, 1.54) is 24.2 Å². The lowest BCUT2D eigenvalue weighted by Gasteiger charge is -2.14. The summed E-state index contributed by atoms with van der Waals surface area (Å²) in [7, 11) is 0. The first-order valence-electron chi connectivity index (χ1n) is 7.04. The highest BCUT2D eigenvalue weighted by Gasteiger charge is 2.14. The van der Waals surface area contributed by atoms with Crippen LogP contribution in [0.2, 0.25) is 0 Å². The first-order chi connectivity index (χ1) is 8.84. The summed E-state index contributed by atoms with van der Waals surface area (Å²) in [5.41, 5.74) is 0. The van der Waals surface area contributed by atoms with E-state index in [9.17, 15) is 4.79 Å². The number of Topliss-reactive ketones (excluding diaryl/α,β-unsaturated/α-hetero) is 1. The van der Waals surface area contributed by atoms with Crippen LogP contribution in [0.4, 0.5) is 0 Å². The first kappa shape index (κ1) is 13.7. The largest absolute Gasteiger partial charge is 0.300 e. The third kappa shape index (κ3) is 4.85. The van der Waals surface area contributed by atoms with Gasteiger partial charge < -0.3 is 0 Å². The molecule has 1 nitrogen and oxygen atoms in total. The van der Waals surface area contributed by atoms with Crippen LogP contribution >= 0.6 is 11.8 Å². The van der Waals surface area contributed by atoms with Crippen LogP contribution in [0, 0.1) is 5.92 Å². The van der Waals surface area contributed by atoms with Gasteiger partial charge in [-0.15, -0.1) is 11.8 Å². The van der Waals surface area contributed by atoms with Crippen LogP contribution in [0.3, 0.4) is 0 Å². The topological polar surface area (TPSA) is 17.1 Å². The van der Waals surface area contributed by atoms with Crippen molar-refractivity contribution in [1.29, 1.82) is 0 Å². The number of hydrogen-bond acceptors (Lipinski definition) is 2. The predicted molar refractivity (Wildman–Crippen MR) is 78.0 cm³/mol. The van der Waals surface area contributed by atoms with Crippen molar-refractivity contribution < 1.29 is 4.79 Å². The molecular weight excluding hydrogens is 240 g/mol. The SMILES string of the molecule is O=C1CCCCCC(CSc2ccccc2)CC1. The Bertz CT molecular complexity index is 361. The van der Waals surface area contributed by atoms with Crippen LogP contribution in [0.5, 0.6) is 0 Å². The second-order valence-electron chi connectivity index (χ2n) is 5.17. The van der Waals surface area contributed by atoms with Crippen molar-refractivity contribution >= 4 is 17.5 Å². The van der Waals surface area contributed by atoms with Gasteiger partial charge in [-0.1, -0.05) is 31.0 Å². The maximum atomic E-state index is 11.6. The zero-order valence-corrected chi connectivity index (χ0v) is 11.8. The van der Waals surface area contributed by atoms with Gasteiger partial charge in [-0.05, 0) is 37.3 Å². The van der Waals surface area contributed by atoms with Gasteiger partial charge in [0.1, 0.15) is 5.78 Å². The number of carbonyl (C=O) groups is 1. The molecular formula is C16H22OS. The Kier molecular flexibility index (Phi) is 5.79. The summed E-state index contributed by atoms with van der Waals surface area (Å²) in [6.07, 6.45) is 7.66. The van der Waals surface area contributed by atoms with Gasteiger partial charge in [0.2, 0.25) is 0 Å². The molecule has 0 saturated heterocycles. The van der Waals surface area contributed by atoms with Gasteiger partial charge >= 0.3 is 0 Å². The Morgan fingerprint density at radius 3 is 2.67 bits per heavy atom. The number of rotatable bonds is 3. The lowest BCUT2D eigenvalue weighted by molar-refractivity contribution is -0.119. The highest BCUT2D eigenvalue weighted by Crippen LogP contribution is 2.27. The molecule has 18 heavy (non-hydrogen) atoms. The van der Waals surface area contributed by atoms with Gasteiger partial charge in [-0.3, -0.25) is 4.79 Å². The molecule has 98 valence electrons. The van der Waals surface area contributed by atoms with Crippen LogP contribution in [0.15, 0.2) is 35.2 Å². The van der Waals surface area contributed by atoms with E-state index in [4.69, 9.17) is 0 Å². The number of hydrogen-bond donors (Lipinski definition) is 0. The van der Waals surface area contributed by atoms with Crippen molar-refractivity contribution in [1.82, 2.24) is 0 Å². The summed E-state index contributed by atoms with van der Waals surface area (Å²) in [4.78, 5) is 13.0. The number of carbonyl (C=O) groups excluding carboxylic acids is 1. The Labute approximate surface area is 114 Å². The molecule has 2 heteroatoms. The maximum absolute atomic E-state index is 11.6. The molecule has 1 aromatic rings. The molecule has 1 aromatic carbocycles. The normalized spacial score (nSPS) is 22.0. The lowest BCUT2D eigenvalue weighted by atomic mass is 9.99. The number of ketones is 1. The van der Waals surface area contributed by atoms with Crippen molar-refractivity contribution in [3.8, 4) is 0 Å². The molecule has 1 saturated carbocycles. The molecule has 2 rings (SSSR count). The summed E-state index contributed by atoms with van der Waals surface area (Å²) < 4.78 is 0. The minimum atomic E-state index is 0.478. The standard InChI is InChI=1S/C16H22OS/c17-15-8-4-1-3-7-14(11-12-15)13-18-16-9-5-2-6-10-16/h2,5-6,9-10,14H,1,3-4,7-8,11-13H2. The summed E-state index contributed by atoms with van der Waals surface area (Å²) in [5, 5.41) is 0. The molecule has 0 bridgehead atoms. The summed E-state index contributed by atoms with van der Waals surface area (Å²) in [5.74, 6) is 2.36. The molecule has 0 radical (unpaired) electrons. The summed E-state index contributed by atoms with van der Waals surface area (Å²) >= 11 is 1.94. The van der Waals surface area contributed by atoms with Crippen LogP contribution in [-0.4, -0.2) is 11.5 Å². The molecule has 0 amide bonds.